The smallest absolute Gasteiger partial charge is 0.226 e. The minimum Gasteiger partial charge on any atom is -0.355 e. The highest BCUT2D eigenvalue weighted by molar-refractivity contribution is 6.31. The number of hydrogen-bond donors (Lipinski definition) is 1. The van der Waals surface area contributed by atoms with Crippen LogP contribution in [0.25, 0.3) is 0 Å². The maximum absolute atomic E-state index is 12.6. The molecule has 4 rings (SSSR count). The molecule has 1 aliphatic heterocycles. The SMILES string of the molecule is C[C@]12CC[C@H](c3ccc(C#N)cc3Cl)[C@@H](c3ccc(Cl)cc3)[C@H]1CNC2=O. The van der Waals surface area contributed by atoms with Gasteiger partial charge in [-0.25, -0.2) is 0 Å². The number of nitriles is 1. The van der Waals surface area contributed by atoms with Crippen LogP contribution in [0.5, 0.6) is 0 Å². The third-order valence-electron chi connectivity index (χ3n) is 6.45. The molecule has 5 heteroatoms. The van der Waals surface area contributed by atoms with Crippen molar-refractivity contribution in [2.75, 3.05) is 6.54 Å². The highest BCUT2D eigenvalue weighted by Crippen LogP contribution is 2.57. The first-order valence-corrected chi connectivity index (χ1v) is 9.93. The van der Waals surface area contributed by atoms with Crippen molar-refractivity contribution in [1.29, 1.82) is 5.26 Å². The molecule has 2 aliphatic rings. The van der Waals surface area contributed by atoms with Crippen LogP contribution in [0.3, 0.4) is 0 Å². The van der Waals surface area contributed by atoms with E-state index in [0.717, 1.165) is 18.4 Å². The first kappa shape index (κ1) is 18.3. The molecule has 2 aromatic rings. The Labute approximate surface area is 169 Å². The molecule has 0 aromatic heterocycles. The number of halogens is 2. The van der Waals surface area contributed by atoms with Gasteiger partial charge < -0.3 is 5.32 Å². The number of carbonyl (C=O) groups excluding carboxylic acids is 1. The molecule has 27 heavy (non-hydrogen) atoms. The Kier molecular flexibility index (Phi) is 4.66. The molecule has 2 aromatic carbocycles. The van der Waals surface area contributed by atoms with Gasteiger partial charge in [-0.3, -0.25) is 4.79 Å². The lowest BCUT2D eigenvalue weighted by Gasteiger charge is -2.45. The summed E-state index contributed by atoms with van der Waals surface area (Å²) in [5.41, 5.74) is 2.43. The third-order valence-corrected chi connectivity index (χ3v) is 7.02. The minimum atomic E-state index is -0.361. The number of nitrogens with zero attached hydrogens (tertiary/aromatic N) is 1. The quantitative estimate of drug-likeness (QED) is 0.747. The van der Waals surface area contributed by atoms with Gasteiger partial charge in [0.25, 0.3) is 0 Å². The summed E-state index contributed by atoms with van der Waals surface area (Å²) in [6.07, 6.45) is 1.70. The van der Waals surface area contributed by atoms with Crippen LogP contribution in [-0.2, 0) is 4.79 Å². The van der Waals surface area contributed by atoms with E-state index in [1.807, 2.05) is 24.3 Å². The van der Waals surface area contributed by atoms with E-state index in [4.69, 9.17) is 28.5 Å². The minimum absolute atomic E-state index is 0.149. The Morgan fingerprint density at radius 3 is 2.59 bits per heavy atom. The summed E-state index contributed by atoms with van der Waals surface area (Å²) in [5.74, 6) is 0.690. The first-order chi connectivity index (χ1) is 12.9. The van der Waals surface area contributed by atoms with E-state index in [0.29, 0.717) is 22.2 Å². The van der Waals surface area contributed by atoms with Crippen LogP contribution >= 0.6 is 23.2 Å². The summed E-state index contributed by atoms with van der Waals surface area (Å²) in [5, 5.41) is 13.5. The molecule has 4 atom stereocenters. The van der Waals surface area contributed by atoms with Gasteiger partial charge in [0.2, 0.25) is 5.91 Å². The van der Waals surface area contributed by atoms with Crippen molar-refractivity contribution in [2.24, 2.45) is 11.3 Å². The van der Waals surface area contributed by atoms with Crippen molar-refractivity contribution >= 4 is 29.1 Å². The van der Waals surface area contributed by atoms with Crippen LogP contribution in [0.2, 0.25) is 10.0 Å². The van der Waals surface area contributed by atoms with E-state index in [1.165, 1.54) is 5.56 Å². The summed E-state index contributed by atoms with van der Waals surface area (Å²) in [7, 11) is 0. The zero-order chi connectivity index (χ0) is 19.2. The lowest BCUT2D eigenvalue weighted by atomic mass is 9.57. The maximum atomic E-state index is 12.6. The van der Waals surface area contributed by atoms with Crippen molar-refractivity contribution in [3.05, 3.63) is 69.2 Å². The number of benzene rings is 2. The molecule has 138 valence electrons. The summed E-state index contributed by atoms with van der Waals surface area (Å²) < 4.78 is 0. The summed E-state index contributed by atoms with van der Waals surface area (Å²) in [6, 6.07) is 15.6. The number of hydrogen-bond acceptors (Lipinski definition) is 2. The number of fused-ring (bicyclic) bond motifs is 1. The van der Waals surface area contributed by atoms with Crippen molar-refractivity contribution in [2.45, 2.75) is 31.6 Å². The molecule has 0 unspecified atom stereocenters. The fourth-order valence-corrected chi connectivity index (χ4v) is 5.38. The largest absolute Gasteiger partial charge is 0.355 e. The number of nitrogens with one attached hydrogen (secondary N) is 1. The highest BCUT2D eigenvalue weighted by atomic mass is 35.5. The van der Waals surface area contributed by atoms with Gasteiger partial charge in [-0.15, -0.1) is 0 Å². The van der Waals surface area contributed by atoms with E-state index >= 15 is 0 Å². The van der Waals surface area contributed by atoms with Gasteiger partial charge in [0.1, 0.15) is 0 Å². The molecule has 1 N–H and O–H groups in total. The van der Waals surface area contributed by atoms with Crippen molar-refractivity contribution < 1.29 is 4.79 Å². The molecule has 3 nitrogen and oxygen atoms in total. The lowest BCUT2D eigenvalue weighted by Crippen LogP contribution is -2.41. The van der Waals surface area contributed by atoms with Crippen LogP contribution in [0.4, 0.5) is 0 Å². The van der Waals surface area contributed by atoms with Crippen molar-refractivity contribution in [3.8, 4) is 6.07 Å². The molecule has 1 saturated heterocycles. The first-order valence-electron chi connectivity index (χ1n) is 9.17. The molecule has 1 amide bonds. The Morgan fingerprint density at radius 2 is 1.93 bits per heavy atom. The summed E-state index contributed by atoms with van der Waals surface area (Å²) >= 11 is 12.7. The molecule has 0 bridgehead atoms. The van der Waals surface area contributed by atoms with E-state index in [9.17, 15) is 4.79 Å². The van der Waals surface area contributed by atoms with E-state index in [1.54, 1.807) is 6.07 Å². The zero-order valence-electron chi connectivity index (χ0n) is 15.0. The fourth-order valence-electron chi connectivity index (χ4n) is 4.93. The van der Waals surface area contributed by atoms with Crippen molar-refractivity contribution in [1.82, 2.24) is 5.32 Å². The monoisotopic (exact) mass is 398 g/mol. The lowest BCUT2D eigenvalue weighted by molar-refractivity contribution is -0.129. The van der Waals surface area contributed by atoms with E-state index in [-0.39, 0.29) is 29.1 Å². The second kappa shape index (κ2) is 6.86. The molecule has 0 radical (unpaired) electrons. The highest BCUT2D eigenvalue weighted by Gasteiger charge is 2.54. The Hall–Kier alpha value is -2.02. The van der Waals surface area contributed by atoms with Gasteiger partial charge in [0, 0.05) is 16.6 Å². The fraction of sp³-hybridized carbons (Fsp3) is 0.364. The standard InChI is InChI=1S/C22H20Cl2N2O/c1-22-9-8-17(16-7-2-13(11-25)10-19(16)24)20(18(22)12-26-21(22)27)14-3-5-15(23)6-4-14/h2-7,10,17-18,20H,8-9,12H2,1H3,(H,26,27)/t17-,18-,20-,22+/m1/s1. The predicted molar refractivity (Wildman–Crippen MR) is 107 cm³/mol. The van der Waals surface area contributed by atoms with Gasteiger partial charge >= 0.3 is 0 Å². The molecule has 2 fully saturated rings. The Bertz CT molecular complexity index is 934. The van der Waals surface area contributed by atoms with Gasteiger partial charge in [0.05, 0.1) is 17.0 Å². The third kappa shape index (κ3) is 3.02. The van der Waals surface area contributed by atoms with Gasteiger partial charge in [-0.05, 0) is 66.0 Å². The van der Waals surface area contributed by atoms with Gasteiger partial charge in [-0.2, -0.15) is 5.26 Å². The second-order valence-corrected chi connectivity index (χ2v) is 8.65. The normalized spacial score (nSPS) is 29.7. The van der Waals surface area contributed by atoms with Gasteiger partial charge in [0.15, 0.2) is 0 Å². The summed E-state index contributed by atoms with van der Waals surface area (Å²) in [4.78, 5) is 12.6. The van der Waals surface area contributed by atoms with Crippen molar-refractivity contribution in [3.63, 3.8) is 0 Å². The maximum Gasteiger partial charge on any atom is 0.226 e. The Balaban J connectivity index is 1.82. The number of rotatable bonds is 2. The average molecular weight is 399 g/mol. The summed E-state index contributed by atoms with van der Waals surface area (Å²) in [6.45, 7) is 2.76. The topological polar surface area (TPSA) is 52.9 Å². The van der Waals surface area contributed by atoms with Crippen LogP contribution in [0.15, 0.2) is 42.5 Å². The van der Waals surface area contributed by atoms with Crippen LogP contribution < -0.4 is 5.32 Å². The van der Waals surface area contributed by atoms with Crippen LogP contribution in [0, 0.1) is 22.7 Å². The average Bonchev–Trinajstić information content (AvgIpc) is 2.97. The Morgan fingerprint density at radius 1 is 1.19 bits per heavy atom. The van der Waals surface area contributed by atoms with Gasteiger partial charge in [-0.1, -0.05) is 48.3 Å². The molecule has 0 spiro atoms. The van der Waals surface area contributed by atoms with Crippen LogP contribution in [-0.4, -0.2) is 12.5 Å². The van der Waals surface area contributed by atoms with E-state index < -0.39 is 0 Å². The molecule has 1 heterocycles. The predicted octanol–water partition coefficient (Wildman–Crippen LogP) is 5.28. The zero-order valence-corrected chi connectivity index (χ0v) is 16.5. The van der Waals surface area contributed by atoms with E-state index in [2.05, 4.69) is 30.4 Å². The van der Waals surface area contributed by atoms with Crippen LogP contribution in [0.1, 0.15) is 48.3 Å². The molecule has 1 aliphatic carbocycles. The number of amides is 1. The molecular weight excluding hydrogens is 379 g/mol. The molecule has 1 saturated carbocycles. The molecular formula is C22H20Cl2N2O. The number of carbonyl (C=O) groups is 1. The second-order valence-electron chi connectivity index (χ2n) is 7.80.